The lowest BCUT2D eigenvalue weighted by atomic mass is 10.1. The summed E-state index contributed by atoms with van der Waals surface area (Å²) in [6.07, 6.45) is 4.12. The van der Waals surface area contributed by atoms with Crippen molar-refractivity contribution in [3.63, 3.8) is 0 Å². The molecule has 0 aliphatic rings. The van der Waals surface area contributed by atoms with Crippen LogP contribution in [-0.2, 0) is 11.2 Å². The first-order valence-electron chi connectivity index (χ1n) is 9.02. The lowest BCUT2D eigenvalue weighted by Crippen LogP contribution is -2.21. The summed E-state index contributed by atoms with van der Waals surface area (Å²) in [5, 5.41) is 4.34. The molecule has 140 valence electrons. The van der Waals surface area contributed by atoms with E-state index in [2.05, 4.69) is 10.5 Å². The molecule has 4 nitrogen and oxygen atoms in total. The van der Waals surface area contributed by atoms with Gasteiger partial charge in [-0.1, -0.05) is 78.9 Å². The van der Waals surface area contributed by atoms with Crippen LogP contribution >= 0.6 is 0 Å². The maximum Gasteiger partial charge on any atom is 0.244 e. The lowest BCUT2D eigenvalue weighted by Gasteiger charge is -2.05. The molecule has 0 heterocycles. The Morgan fingerprint density at radius 2 is 1.57 bits per heavy atom. The molecule has 1 amide bonds. The molecule has 0 atom stereocenters. The number of hydrogen-bond acceptors (Lipinski definition) is 3. The summed E-state index contributed by atoms with van der Waals surface area (Å²) in [6, 6.07) is 27.1. The summed E-state index contributed by atoms with van der Waals surface area (Å²) in [6.45, 7) is 0. The quantitative estimate of drug-likeness (QED) is 0.493. The number of rotatable bonds is 7. The molecule has 3 aromatic rings. The number of carbonyl (C=O) groups excluding carboxylic acids is 1. The van der Waals surface area contributed by atoms with Gasteiger partial charge in [-0.2, -0.15) is 5.10 Å². The highest BCUT2D eigenvalue weighted by Gasteiger charge is 2.05. The van der Waals surface area contributed by atoms with E-state index >= 15 is 0 Å². The van der Waals surface area contributed by atoms with Gasteiger partial charge in [0.1, 0.15) is 5.75 Å². The van der Waals surface area contributed by atoms with Crippen LogP contribution in [0.25, 0.3) is 6.08 Å². The number of hydrazone groups is 1. The Kier molecular flexibility index (Phi) is 6.74. The Bertz CT molecular complexity index is 947. The zero-order valence-corrected chi connectivity index (χ0v) is 15.7. The van der Waals surface area contributed by atoms with Gasteiger partial charge in [-0.25, -0.2) is 5.43 Å². The van der Waals surface area contributed by atoms with Gasteiger partial charge >= 0.3 is 0 Å². The molecule has 0 aliphatic carbocycles. The van der Waals surface area contributed by atoms with E-state index in [1.165, 1.54) is 0 Å². The van der Waals surface area contributed by atoms with Crippen molar-refractivity contribution in [3.8, 4) is 5.75 Å². The van der Waals surface area contributed by atoms with E-state index in [-0.39, 0.29) is 12.3 Å². The molecule has 0 aromatic heterocycles. The molecule has 0 radical (unpaired) electrons. The first-order valence-corrected chi connectivity index (χ1v) is 9.02. The number of amides is 1. The third-order valence-corrected chi connectivity index (χ3v) is 4.13. The van der Waals surface area contributed by atoms with E-state index in [1.807, 2.05) is 97.1 Å². The minimum absolute atomic E-state index is 0.174. The second-order valence-electron chi connectivity index (χ2n) is 6.17. The molecule has 0 bridgehead atoms. The minimum atomic E-state index is -0.174. The van der Waals surface area contributed by atoms with Crippen molar-refractivity contribution in [2.45, 2.75) is 6.42 Å². The molecule has 0 saturated carbocycles. The molecular weight excluding hydrogens is 348 g/mol. The van der Waals surface area contributed by atoms with E-state index in [0.29, 0.717) is 5.71 Å². The van der Waals surface area contributed by atoms with E-state index in [4.69, 9.17) is 4.74 Å². The van der Waals surface area contributed by atoms with Crippen LogP contribution in [0.1, 0.15) is 16.7 Å². The van der Waals surface area contributed by atoms with Crippen LogP contribution in [0.15, 0.2) is 96.1 Å². The average molecular weight is 370 g/mol. The second-order valence-corrected chi connectivity index (χ2v) is 6.17. The van der Waals surface area contributed by atoms with E-state index in [0.717, 1.165) is 22.4 Å². The first kappa shape index (κ1) is 19.1. The van der Waals surface area contributed by atoms with Crippen LogP contribution in [0.2, 0.25) is 0 Å². The molecule has 0 unspecified atom stereocenters. The fraction of sp³-hybridized carbons (Fsp3) is 0.0833. The molecule has 0 spiro atoms. The van der Waals surface area contributed by atoms with E-state index in [9.17, 15) is 4.79 Å². The third-order valence-electron chi connectivity index (χ3n) is 4.13. The summed E-state index contributed by atoms with van der Waals surface area (Å²) >= 11 is 0. The zero-order chi connectivity index (χ0) is 19.6. The standard InChI is InChI=1S/C24H22N2O2/c1-28-22-15-12-20(13-16-22)18-24(27)26-25-23(21-10-6-3-7-11-21)17-14-19-8-4-2-5-9-19/h2-17H,18H2,1H3,(H,26,27)/b17-14+,25-23+. The van der Waals surface area contributed by atoms with Crippen molar-refractivity contribution < 1.29 is 9.53 Å². The Balaban J connectivity index is 1.72. The van der Waals surface area contributed by atoms with Crippen molar-refractivity contribution >= 4 is 17.7 Å². The molecule has 1 N–H and O–H groups in total. The number of carbonyl (C=O) groups is 1. The summed E-state index contributed by atoms with van der Waals surface area (Å²) in [7, 11) is 1.62. The van der Waals surface area contributed by atoms with Crippen LogP contribution in [0, 0.1) is 0 Å². The summed E-state index contributed by atoms with van der Waals surface area (Å²) in [5.41, 5.74) is 6.24. The fourth-order valence-corrected chi connectivity index (χ4v) is 2.64. The van der Waals surface area contributed by atoms with Gasteiger partial charge in [0.25, 0.3) is 0 Å². The molecule has 0 aliphatic heterocycles. The number of benzene rings is 3. The smallest absolute Gasteiger partial charge is 0.244 e. The largest absolute Gasteiger partial charge is 0.497 e. The number of hydrogen-bond donors (Lipinski definition) is 1. The molecule has 0 saturated heterocycles. The maximum atomic E-state index is 12.3. The highest BCUT2D eigenvalue weighted by atomic mass is 16.5. The monoisotopic (exact) mass is 370 g/mol. The van der Waals surface area contributed by atoms with Crippen molar-refractivity contribution in [2.24, 2.45) is 5.10 Å². The van der Waals surface area contributed by atoms with Crippen molar-refractivity contribution in [1.29, 1.82) is 0 Å². The molecule has 3 rings (SSSR count). The number of allylic oxidation sites excluding steroid dienone is 1. The number of nitrogens with zero attached hydrogens (tertiary/aromatic N) is 1. The van der Waals surface area contributed by atoms with E-state index in [1.54, 1.807) is 7.11 Å². The number of nitrogens with one attached hydrogen (secondary N) is 1. The summed E-state index contributed by atoms with van der Waals surface area (Å²) in [5.74, 6) is 0.589. The first-order chi connectivity index (χ1) is 13.7. The van der Waals surface area contributed by atoms with Gasteiger partial charge in [0, 0.05) is 5.56 Å². The Morgan fingerprint density at radius 1 is 0.929 bits per heavy atom. The van der Waals surface area contributed by atoms with Gasteiger partial charge < -0.3 is 4.74 Å². The molecule has 0 fully saturated rings. The zero-order valence-electron chi connectivity index (χ0n) is 15.7. The van der Waals surface area contributed by atoms with Gasteiger partial charge in [-0.3, -0.25) is 4.79 Å². The van der Waals surface area contributed by atoms with Crippen LogP contribution in [0.5, 0.6) is 5.75 Å². The Hall–Kier alpha value is -3.66. The molecule has 28 heavy (non-hydrogen) atoms. The van der Waals surface area contributed by atoms with Gasteiger partial charge in [-0.05, 0) is 29.3 Å². The summed E-state index contributed by atoms with van der Waals surface area (Å²) in [4.78, 5) is 12.3. The average Bonchev–Trinajstić information content (AvgIpc) is 2.75. The highest BCUT2D eigenvalue weighted by Crippen LogP contribution is 2.12. The normalized spacial score (nSPS) is 11.4. The van der Waals surface area contributed by atoms with Crippen molar-refractivity contribution in [1.82, 2.24) is 5.43 Å². The van der Waals surface area contributed by atoms with Crippen LogP contribution in [-0.4, -0.2) is 18.7 Å². The molecule has 4 heteroatoms. The van der Waals surface area contributed by atoms with Crippen molar-refractivity contribution in [2.75, 3.05) is 7.11 Å². The Morgan fingerprint density at radius 3 is 2.21 bits per heavy atom. The second kappa shape index (κ2) is 9.88. The molecular formula is C24H22N2O2. The van der Waals surface area contributed by atoms with E-state index < -0.39 is 0 Å². The predicted octanol–water partition coefficient (Wildman–Crippen LogP) is 4.47. The fourth-order valence-electron chi connectivity index (χ4n) is 2.64. The van der Waals surface area contributed by atoms with Crippen LogP contribution in [0.3, 0.4) is 0 Å². The topological polar surface area (TPSA) is 50.7 Å². The van der Waals surface area contributed by atoms with Gasteiger partial charge in [0.2, 0.25) is 5.91 Å². The van der Waals surface area contributed by atoms with Crippen molar-refractivity contribution in [3.05, 3.63) is 108 Å². The minimum Gasteiger partial charge on any atom is -0.497 e. The predicted molar refractivity (Wildman–Crippen MR) is 113 cm³/mol. The lowest BCUT2D eigenvalue weighted by molar-refractivity contribution is -0.120. The number of methoxy groups -OCH3 is 1. The van der Waals surface area contributed by atoms with Gasteiger partial charge in [0.15, 0.2) is 0 Å². The SMILES string of the molecule is COc1ccc(CC(=O)N/N=C(\C=C\c2ccccc2)c2ccccc2)cc1. The van der Waals surface area contributed by atoms with Gasteiger partial charge in [0.05, 0.1) is 19.2 Å². The number of ether oxygens (including phenoxy) is 1. The van der Waals surface area contributed by atoms with Crippen LogP contribution < -0.4 is 10.2 Å². The van der Waals surface area contributed by atoms with Crippen LogP contribution in [0.4, 0.5) is 0 Å². The maximum absolute atomic E-state index is 12.3. The third kappa shape index (κ3) is 5.68. The molecule has 3 aromatic carbocycles. The summed E-state index contributed by atoms with van der Waals surface area (Å²) < 4.78 is 5.14. The highest BCUT2D eigenvalue weighted by molar-refractivity contribution is 6.11. The van der Waals surface area contributed by atoms with Gasteiger partial charge in [-0.15, -0.1) is 0 Å². The Labute approximate surface area is 165 Å².